The van der Waals surface area contributed by atoms with Gasteiger partial charge in [0.05, 0.1) is 0 Å². The standard InChI is InChI=1S/C5H6F3N3OS/c6-5(7,8)3(12)1-13-4-9-2-10-11-4/h2-3,12H,1H2,(H,9,10,11). The Hall–Kier alpha value is -0.760. The molecule has 1 aromatic rings. The van der Waals surface area contributed by atoms with E-state index in [1.807, 2.05) is 0 Å². The maximum atomic E-state index is 11.8. The van der Waals surface area contributed by atoms with Crippen LogP contribution in [0.5, 0.6) is 0 Å². The summed E-state index contributed by atoms with van der Waals surface area (Å²) in [6, 6.07) is 0. The third-order valence-electron chi connectivity index (χ3n) is 1.15. The van der Waals surface area contributed by atoms with Gasteiger partial charge >= 0.3 is 6.18 Å². The molecule has 1 heterocycles. The quantitative estimate of drug-likeness (QED) is 0.730. The van der Waals surface area contributed by atoms with Crippen LogP contribution in [0.2, 0.25) is 0 Å². The van der Waals surface area contributed by atoms with Gasteiger partial charge in [-0.1, -0.05) is 11.8 Å². The third kappa shape index (κ3) is 3.23. The van der Waals surface area contributed by atoms with E-state index in [0.29, 0.717) is 0 Å². The minimum absolute atomic E-state index is 0.253. The van der Waals surface area contributed by atoms with Crippen LogP contribution in [0.15, 0.2) is 11.5 Å². The number of rotatable bonds is 3. The average molecular weight is 213 g/mol. The first-order valence-corrected chi connectivity index (χ1v) is 4.21. The van der Waals surface area contributed by atoms with Crippen LogP contribution >= 0.6 is 11.8 Å². The summed E-state index contributed by atoms with van der Waals surface area (Å²) >= 11 is 0.763. The van der Waals surface area contributed by atoms with Crippen LogP contribution in [0.1, 0.15) is 0 Å². The Bertz CT molecular complexity index is 250. The summed E-state index contributed by atoms with van der Waals surface area (Å²) in [6.07, 6.45) is -5.72. The zero-order chi connectivity index (χ0) is 9.90. The van der Waals surface area contributed by atoms with Crippen LogP contribution in [-0.4, -0.2) is 38.3 Å². The Morgan fingerprint density at radius 3 is 2.77 bits per heavy atom. The van der Waals surface area contributed by atoms with E-state index in [-0.39, 0.29) is 5.16 Å². The molecule has 1 atom stereocenters. The average Bonchev–Trinajstić information content (AvgIpc) is 2.50. The Morgan fingerprint density at radius 2 is 2.31 bits per heavy atom. The molecule has 8 heteroatoms. The van der Waals surface area contributed by atoms with E-state index in [9.17, 15) is 13.2 Å². The Labute approximate surface area is 75.6 Å². The number of aromatic nitrogens is 3. The van der Waals surface area contributed by atoms with Gasteiger partial charge in [0, 0.05) is 5.75 Å². The SMILES string of the molecule is OC(CSc1ncn[nH]1)C(F)(F)F. The summed E-state index contributed by atoms with van der Waals surface area (Å²) in [6.45, 7) is 0. The maximum Gasteiger partial charge on any atom is 0.415 e. The summed E-state index contributed by atoms with van der Waals surface area (Å²) in [4.78, 5) is 3.59. The summed E-state index contributed by atoms with van der Waals surface area (Å²) in [5.41, 5.74) is 0. The van der Waals surface area contributed by atoms with Gasteiger partial charge in [-0.05, 0) is 0 Å². The largest absolute Gasteiger partial charge is 0.415 e. The van der Waals surface area contributed by atoms with Crippen molar-refractivity contribution in [2.45, 2.75) is 17.4 Å². The Balaban J connectivity index is 2.35. The van der Waals surface area contributed by atoms with E-state index < -0.39 is 18.0 Å². The normalized spacial score (nSPS) is 14.5. The van der Waals surface area contributed by atoms with Crippen LogP contribution < -0.4 is 0 Å². The predicted molar refractivity (Wildman–Crippen MR) is 39.2 cm³/mol. The van der Waals surface area contributed by atoms with Gasteiger partial charge in [-0.15, -0.1) is 0 Å². The first-order valence-electron chi connectivity index (χ1n) is 3.23. The molecule has 0 aliphatic carbocycles. The summed E-state index contributed by atoms with van der Waals surface area (Å²) in [5, 5.41) is 14.6. The highest BCUT2D eigenvalue weighted by Gasteiger charge is 2.38. The van der Waals surface area contributed by atoms with Crippen LogP contribution in [-0.2, 0) is 0 Å². The lowest BCUT2D eigenvalue weighted by Gasteiger charge is -2.12. The zero-order valence-corrected chi connectivity index (χ0v) is 7.06. The number of aliphatic hydroxyl groups excluding tert-OH is 1. The molecule has 0 fully saturated rings. The molecule has 13 heavy (non-hydrogen) atoms. The smallest absolute Gasteiger partial charge is 0.383 e. The number of thioether (sulfide) groups is 1. The van der Waals surface area contributed by atoms with Crippen LogP contribution in [0.3, 0.4) is 0 Å². The number of hydrogen-bond donors (Lipinski definition) is 2. The van der Waals surface area contributed by atoms with Gasteiger partial charge in [-0.25, -0.2) is 4.98 Å². The fourth-order valence-corrected chi connectivity index (χ4v) is 1.26. The number of aromatic amines is 1. The number of hydrogen-bond acceptors (Lipinski definition) is 4. The minimum atomic E-state index is -4.58. The lowest BCUT2D eigenvalue weighted by molar-refractivity contribution is -0.195. The summed E-state index contributed by atoms with van der Waals surface area (Å²) in [7, 11) is 0. The van der Waals surface area contributed by atoms with E-state index in [0.717, 1.165) is 11.8 Å². The van der Waals surface area contributed by atoms with E-state index in [1.54, 1.807) is 0 Å². The lowest BCUT2D eigenvalue weighted by atomic mass is 10.4. The molecule has 0 aliphatic rings. The molecule has 0 radical (unpaired) electrons. The van der Waals surface area contributed by atoms with E-state index in [2.05, 4.69) is 15.2 Å². The van der Waals surface area contributed by atoms with Crippen molar-refractivity contribution in [3.63, 3.8) is 0 Å². The fourth-order valence-electron chi connectivity index (χ4n) is 0.516. The van der Waals surface area contributed by atoms with Gasteiger partial charge in [0.1, 0.15) is 6.33 Å². The van der Waals surface area contributed by atoms with Gasteiger partial charge in [0.25, 0.3) is 0 Å². The first kappa shape index (κ1) is 10.3. The minimum Gasteiger partial charge on any atom is -0.383 e. The molecule has 0 bridgehead atoms. The summed E-state index contributed by atoms with van der Waals surface area (Å²) in [5.74, 6) is -0.487. The zero-order valence-electron chi connectivity index (χ0n) is 6.25. The molecule has 1 aromatic heterocycles. The topological polar surface area (TPSA) is 61.8 Å². The van der Waals surface area contributed by atoms with E-state index >= 15 is 0 Å². The van der Waals surface area contributed by atoms with Crippen LogP contribution in [0.25, 0.3) is 0 Å². The van der Waals surface area contributed by atoms with Crippen molar-refractivity contribution in [3.8, 4) is 0 Å². The van der Waals surface area contributed by atoms with Crippen molar-refractivity contribution >= 4 is 11.8 Å². The van der Waals surface area contributed by atoms with Crippen molar-refractivity contribution in [2.75, 3.05) is 5.75 Å². The van der Waals surface area contributed by atoms with Crippen molar-refractivity contribution in [1.82, 2.24) is 15.2 Å². The highest BCUT2D eigenvalue weighted by Crippen LogP contribution is 2.24. The number of alkyl halides is 3. The number of H-pyrrole nitrogens is 1. The van der Waals surface area contributed by atoms with Gasteiger partial charge in [0.15, 0.2) is 11.3 Å². The van der Waals surface area contributed by atoms with E-state index in [4.69, 9.17) is 5.11 Å². The second-order valence-electron chi connectivity index (χ2n) is 2.16. The molecule has 1 unspecified atom stereocenters. The number of nitrogens with one attached hydrogen (secondary N) is 1. The molecule has 74 valence electrons. The molecule has 0 saturated carbocycles. The lowest BCUT2D eigenvalue weighted by Crippen LogP contribution is -2.30. The highest BCUT2D eigenvalue weighted by molar-refractivity contribution is 7.99. The summed E-state index contributed by atoms with van der Waals surface area (Å²) < 4.78 is 35.3. The van der Waals surface area contributed by atoms with Crippen molar-refractivity contribution < 1.29 is 18.3 Å². The molecule has 0 spiro atoms. The van der Waals surface area contributed by atoms with Crippen LogP contribution in [0, 0.1) is 0 Å². The molecule has 4 nitrogen and oxygen atoms in total. The van der Waals surface area contributed by atoms with Gasteiger partial charge in [-0.2, -0.15) is 18.3 Å². The third-order valence-corrected chi connectivity index (χ3v) is 2.10. The second-order valence-corrected chi connectivity index (χ2v) is 3.17. The Morgan fingerprint density at radius 1 is 1.62 bits per heavy atom. The number of aliphatic hydroxyl groups is 1. The molecule has 0 aromatic carbocycles. The molecular formula is C5H6F3N3OS. The molecular weight excluding hydrogens is 207 g/mol. The second kappa shape index (κ2) is 3.97. The molecule has 0 saturated heterocycles. The number of halogens is 3. The molecule has 1 rings (SSSR count). The van der Waals surface area contributed by atoms with Crippen molar-refractivity contribution in [1.29, 1.82) is 0 Å². The Kier molecular flexibility index (Phi) is 3.15. The highest BCUT2D eigenvalue weighted by atomic mass is 32.2. The monoisotopic (exact) mass is 213 g/mol. The van der Waals surface area contributed by atoms with Crippen LogP contribution in [0.4, 0.5) is 13.2 Å². The van der Waals surface area contributed by atoms with Crippen molar-refractivity contribution in [2.24, 2.45) is 0 Å². The van der Waals surface area contributed by atoms with Gasteiger partial charge in [0.2, 0.25) is 0 Å². The molecule has 2 N–H and O–H groups in total. The van der Waals surface area contributed by atoms with Gasteiger partial charge in [-0.3, -0.25) is 5.10 Å². The fraction of sp³-hybridized carbons (Fsp3) is 0.600. The maximum absolute atomic E-state index is 11.8. The predicted octanol–water partition coefficient (Wildman–Crippen LogP) is 0.820. The molecule has 0 amide bonds. The molecule has 0 aliphatic heterocycles. The van der Waals surface area contributed by atoms with Gasteiger partial charge < -0.3 is 5.11 Å². The number of nitrogens with zero attached hydrogens (tertiary/aromatic N) is 2. The first-order chi connectivity index (χ1) is 6.00. The van der Waals surface area contributed by atoms with E-state index in [1.165, 1.54) is 6.33 Å². The van der Waals surface area contributed by atoms with Crippen molar-refractivity contribution in [3.05, 3.63) is 6.33 Å².